The van der Waals surface area contributed by atoms with Crippen LogP contribution in [-0.2, 0) is 33.3 Å². The number of carbonyl (C=O) groups is 3. The Balaban J connectivity index is 1.41. The van der Waals surface area contributed by atoms with Crippen LogP contribution < -0.4 is 0 Å². The minimum atomic E-state index is -0.976. The molecule has 1 aromatic rings. The van der Waals surface area contributed by atoms with Crippen molar-refractivity contribution in [2.75, 3.05) is 6.61 Å². The van der Waals surface area contributed by atoms with E-state index in [-0.39, 0.29) is 42.7 Å². The predicted molar refractivity (Wildman–Crippen MR) is 114 cm³/mol. The molecule has 7 rings (SSSR count). The molecule has 0 unspecified atom stereocenters. The Kier molecular flexibility index (Phi) is 3.70. The largest absolute Gasteiger partial charge is 0.472 e. The summed E-state index contributed by atoms with van der Waals surface area (Å²) in [7, 11) is 0. The van der Waals surface area contributed by atoms with Crippen molar-refractivity contribution in [2.24, 2.45) is 28.1 Å². The van der Waals surface area contributed by atoms with E-state index in [2.05, 4.69) is 6.92 Å². The van der Waals surface area contributed by atoms with E-state index in [0.717, 1.165) is 12.0 Å². The molecule has 0 amide bonds. The molecule has 2 saturated carbocycles. The third-order valence-electron chi connectivity index (χ3n) is 10.7. The molecule has 182 valence electrons. The minimum absolute atomic E-state index is 0.0677. The van der Waals surface area contributed by atoms with Gasteiger partial charge in [-0.05, 0) is 45.6 Å². The van der Waals surface area contributed by atoms with Gasteiger partial charge in [-0.1, -0.05) is 6.92 Å². The van der Waals surface area contributed by atoms with E-state index in [4.69, 9.17) is 23.4 Å². The summed E-state index contributed by atoms with van der Waals surface area (Å²) in [6.07, 6.45) is 3.46. The Hall–Kier alpha value is -2.19. The second kappa shape index (κ2) is 5.95. The van der Waals surface area contributed by atoms with Crippen molar-refractivity contribution in [3.63, 3.8) is 0 Å². The molecular formula is C26H30O8. The van der Waals surface area contributed by atoms with Gasteiger partial charge in [0.15, 0.2) is 6.10 Å². The number of epoxide rings is 1. The first-order chi connectivity index (χ1) is 16.0. The summed E-state index contributed by atoms with van der Waals surface area (Å²) in [5.74, 6) is -0.780. The molecule has 9 atom stereocenters. The molecule has 0 bridgehead atoms. The van der Waals surface area contributed by atoms with Gasteiger partial charge in [-0.25, -0.2) is 4.79 Å². The second-order valence-corrected chi connectivity index (χ2v) is 12.2. The van der Waals surface area contributed by atoms with Gasteiger partial charge in [0.05, 0.1) is 36.1 Å². The highest BCUT2D eigenvalue weighted by molar-refractivity contribution is 5.93. The molecule has 8 heteroatoms. The summed E-state index contributed by atoms with van der Waals surface area (Å²) < 4.78 is 29.8. The van der Waals surface area contributed by atoms with Crippen molar-refractivity contribution < 1.29 is 37.7 Å². The number of carbonyl (C=O) groups excluding carboxylic acids is 3. The molecule has 1 aromatic heterocycles. The highest BCUT2D eigenvalue weighted by Crippen LogP contribution is 2.79. The molecule has 0 aromatic carbocycles. The molecule has 0 radical (unpaired) electrons. The van der Waals surface area contributed by atoms with Gasteiger partial charge in [0.25, 0.3) is 0 Å². The van der Waals surface area contributed by atoms with Crippen LogP contribution in [0.2, 0.25) is 0 Å². The van der Waals surface area contributed by atoms with Crippen molar-refractivity contribution >= 4 is 17.7 Å². The van der Waals surface area contributed by atoms with Crippen LogP contribution in [0, 0.1) is 28.1 Å². The second-order valence-electron chi connectivity index (χ2n) is 12.2. The van der Waals surface area contributed by atoms with Crippen LogP contribution in [0.15, 0.2) is 23.0 Å². The Morgan fingerprint density at radius 2 is 1.76 bits per heavy atom. The van der Waals surface area contributed by atoms with Gasteiger partial charge in [-0.3, -0.25) is 9.59 Å². The molecular weight excluding hydrogens is 440 g/mol. The topological polar surface area (TPSA) is 105 Å². The van der Waals surface area contributed by atoms with Gasteiger partial charge in [-0.2, -0.15) is 0 Å². The third-order valence-corrected chi connectivity index (χ3v) is 10.7. The van der Waals surface area contributed by atoms with Gasteiger partial charge in [-0.15, -0.1) is 0 Å². The Morgan fingerprint density at radius 3 is 2.50 bits per heavy atom. The van der Waals surface area contributed by atoms with Crippen LogP contribution in [0.3, 0.4) is 0 Å². The van der Waals surface area contributed by atoms with E-state index >= 15 is 0 Å². The van der Waals surface area contributed by atoms with Gasteiger partial charge in [0.1, 0.15) is 24.1 Å². The lowest BCUT2D eigenvalue weighted by molar-refractivity contribution is -0.225. The van der Waals surface area contributed by atoms with Crippen molar-refractivity contribution in [1.82, 2.24) is 0 Å². The monoisotopic (exact) mass is 470 g/mol. The predicted octanol–water partition coefficient (Wildman–Crippen LogP) is 3.14. The maximum absolute atomic E-state index is 14.2. The molecule has 4 saturated heterocycles. The molecule has 5 heterocycles. The first-order valence-electron chi connectivity index (χ1n) is 12.3. The first-order valence-corrected chi connectivity index (χ1v) is 12.3. The molecule has 0 N–H and O–H groups in total. The average molecular weight is 471 g/mol. The lowest BCUT2D eigenvalue weighted by Crippen LogP contribution is -2.72. The highest BCUT2D eigenvalue weighted by atomic mass is 16.7. The number of Topliss-reactive ketones (excluding diaryl/α,β-unsaturated/α-hetero) is 1. The maximum atomic E-state index is 14.2. The van der Waals surface area contributed by atoms with Gasteiger partial charge < -0.3 is 23.4 Å². The van der Waals surface area contributed by atoms with E-state index < -0.39 is 45.6 Å². The van der Waals surface area contributed by atoms with Gasteiger partial charge >= 0.3 is 11.9 Å². The van der Waals surface area contributed by atoms with Crippen LogP contribution in [-0.4, -0.2) is 47.7 Å². The Bertz CT molecular complexity index is 1120. The van der Waals surface area contributed by atoms with E-state index in [9.17, 15) is 14.4 Å². The molecule has 4 aliphatic heterocycles. The standard InChI is InChI=1S/C26H30O8/c1-22(2)15-9-16(27)24(4)14(25(15)12-31-18(28)10-17(25)33-22)5-7-23(3)19(13-6-8-30-11-13)32-21(29)20-26(23,24)34-20/h6,8,11,14-15,17,19-20H,5,7,9-10,12H2,1-4H3/t14-,15+,17+,19-,20-,23+,24-,25-,26-/m0/s1. The van der Waals surface area contributed by atoms with Crippen LogP contribution >= 0.6 is 0 Å². The van der Waals surface area contributed by atoms with Crippen molar-refractivity contribution in [1.29, 1.82) is 0 Å². The Labute approximate surface area is 197 Å². The van der Waals surface area contributed by atoms with E-state index in [1.807, 2.05) is 26.8 Å². The van der Waals surface area contributed by atoms with Crippen LogP contribution in [0.1, 0.15) is 65.0 Å². The number of cyclic esters (lactones) is 2. The zero-order chi connectivity index (χ0) is 23.9. The fourth-order valence-electron chi connectivity index (χ4n) is 9.34. The van der Waals surface area contributed by atoms with Crippen molar-refractivity contribution in [3.8, 4) is 0 Å². The summed E-state index contributed by atoms with van der Waals surface area (Å²) in [5, 5.41) is 0. The van der Waals surface area contributed by atoms with Crippen molar-refractivity contribution in [3.05, 3.63) is 24.2 Å². The molecule has 8 nitrogen and oxygen atoms in total. The van der Waals surface area contributed by atoms with Gasteiger partial charge in [0, 0.05) is 28.7 Å². The van der Waals surface area contributed by atoms with Crippen LogP contribution in [0.4, 0.5) is 0 Å². The quantitative estimate of drug-likeness (QED) is 0.455. The fraction of sp³-hybridized carbons (Fsp3) is 0.731. The highest BCUT2D eigenvalue weighted by Gasteiger charge is 2.89. The van der Waals surface area contributed by atoms with Gasteiger partial charge in [0.2, 0.25) is 0 Å². The number of furan rings is 1. The van der Waals surface area contributed by atoms with E-state index in [1.165, 1.54) is 0 Å². The lowest BCUT2D eigenvalue weighted by Gasteiger charge is -2.65. The number of rotatable bonds is 1. The number of hydrogen-bond acceptors (Lipinski definition) is 8. The van der Waals surface area contributed by atoms with E-state index in [0.29, 0.717) is 12.8 Å². The zero-order valence-electron chi connectivity index (χ0n) is 19.9. The fourth-order valence-corrected chi connectivity index (χ4v) is 9.34. The summed E-state index contributed by atoms with van der Waals surface area (Å²) in [4.78, 5) is 39.7. The number of esters is 2. The lowest BCUT2D eigenvalue weighted by atomic mass is 9.37. The minimum Gasteiger partial charge on any atom is -0.472 e. The van der Waals surface area contributed by atoms with Crippen LogP contribution in [0.5, 0.6) is 0 Å². The number of ether oxygens (including phenoxy) is 4. The average Bonchev–Trinajstić information content (AvgIpc) is 3.26. The first kappa shape index (κ1) is 21.1. The molecule has 34 heavy (non-hydrogen) atoms. The zero-order valence-corrected chi connectivity index (χ0v) is 19.9. The van der Waals surface area contributed by atoms with E-state index in [1.54, 1.807) is 12.5 Å². The summed E-state index contributed by atoms with van der Waals surface area (Å²) in [6, 6.07) is 1.81. The number of ketones is 1. The number of fused-ring (bicyclic) bond motifs is 1. The molecule has 6 fully saturated rings. The third kappa shape index (κ3) is 2.02. The SMILES string of the molecule is CC1(C)O[C@@H]2CC(=O)OC[C@]23[C@@H]1CC(=O)[C@]1(C)[C@@H]3CC[C@]2(C)[C@H](c3ccoc3)OC(=O)[C@@H]3O[C@@]321. The summed E-state index contributed by atoms with van der Waals surface area (Å²) in [6.45, 7) is 8.36. The number of hydrogen-bond donors (Lipinski definition) is 0. The smallest absolute Gasteiger partial charge is 0.339 e. The summed E-state index contributed by atoms with van der Waals surface area (Å²) in [5.41, 5.74) is -2.78. The molecule has 2 spiro atoms. The molecule has 6 aliphatic rings. The normalized spacial score (nSPS) is 52.4. The Morgan fingerprint density at radius 1 is 0.971 bits per heavy atom. The maximum Gasteiger partial charge on any atom is 0.339 e. The summed E-state index contributed by atoms with van der Waals surface area (Å²) >= 11 is 0. The van der Waals surface area contributed by atoms with Crippen LogP contribution in [0.25, 0.3) is 0 Å². The molecule has 2 aliphatic carbocycles. The van der Waals surface area contributed by atoms with Crippen molar-refractivity contribution in [2.45, 2.75) is 82.9 Å².